The van der Waals surface area contributed by atoms with E-state index in [0.717, 1.165) is 25.6 Å². The van der Waals surface area contributed by atoms with Crippen molar-refractivity contribution >= 4 is 23.2 Å². The minimum atomic E-state index is -0.451. The standard InChI is InChI=1S/C18H20ClFN2O/c1-2-22(15-7-4-3-5-8-15)12-6-11-21-18(23)16-10-9-14(20)13-17(16)19/h3-5,7-10,13H,2,6,11-12H2,1H3,(H,21,23). The molecule has 3 nitrogen and oxygen atoms in total. The molecule has 0 heterocycles. The van der Waals surface area contributed by atoms with Crippen LogP contribution >= 0.6 is 11.6 Å². The molecule has 2 aromatic carbocycles. The van der Waals surface area contributed by atoms with Gasteiger partial charge >= 0.3 is 0 Å². The lowest BCUT2D eigenvalue weighted by Gasteiger charge is -2.23. The van der Waals surface area contributed by atoms with Gasteiger partial charge in [0.15, 0.2) is 0 Å². The van der Waals surface area contributed by atoms with Gasteiger partial charge in [-0.05, 0) is 43.7 Å². The van der Waals surface area contributed by atoms with E-state index in [1.165, 1.54) is 17.8 Å². The van der Waals surface area contributed by atoms with Crippen molar-refractivity contribution in [1.82, 2.24) is 5.32 Å². The summed E-state index contributed by atoms with van der Waals surface area (Å²) in [6.07, 6.45) is 0.813. The Morgan fingerprint density at radius 2 is 1.96 bits per heavy atom. The van der Waals surface area contributed by atoms with Crippen LogP contribution in [0.5, 0.6) is 0 Å². The van der Waals surface area contributed by atoms with Gasteiger partial charge in [0.05, 0.1) is 10.6 Å². The molecule has 0 saturated carbocycles. The quantitative estimate of drug-likeness (QED) is 0.772. The number of carbonyl (C=O) groups is 1. The van der Waals surface area contributed by atoms with Gasteiger partial charge in [-0.2, -0.15) is 0 Å². The SMILES string of the molecule is CCN(CCCNC(=O)c1ccc(F)cc1Cl)c1ccccc1. The molecule has 0 spiro atoms. The minimum Gasteiger partial charge on any atom is -0.372 e. The molecule has 0 radical (unpaired) electrons. The Kier molecular flexibility index (Phi) is 6.41. The van der Waals surface area contributed by atoms with E-state index in [-0.39, 0.29) is 10.9 Å². The first kappa shape index (κ1) is 17.3. The summed E-state index contributed by atoms with van der Waals surface area (Å²) < 4.78 is 13.0. The van der Waals surface area contributed by atoms with Gasteiger partial charge in [-0.3, -0.25) is 4.79 Å². The van der Waals surface area contributed by atoms with Crippen molar-refractivity contribution in [2.45, 2.75) is 13.3 Å². The summed E-state index contributed by atoms with van der Waals surface area (Å²) in [7, 11) is 0. The highest BCUT2D eigenvalue weighted by Crippen LogP contribution is 2.17. The van der Waals surface area contributed by atoms with E-state index in [9.17, 15) is 9.18 Å². The lowest BCUT2D eigenvalue weighted by atomic mass is 10.2. The molecular formula is C18H20ClFN2O. The van der Waals surface area contributed by atoms with Gasteiger partial charge in [0.25, 0.3) is 5.91 Å². The molecule has 2 rings (SSSR count). The molecule has 5 heteroatoms. The highest BCUT2D eigenvalue weighted by atomic mass is 35.5. The van der Waals surface area contributed by atoms with Crippen LogP contribution in [0.15, 0.2) is 48.5 Å². The maximum Gasteiger partial charge on any atom is 0.252 e. The molecule has 1 amide bonds. The highest BCUT2D eigenvalue weighted by molar-refractivity contribution is 6.33. The number of carbonyl (C=O) groups excluding carboxylic acids is 1. The van der Waals surface area contributed by atoms with E-state index in [2.05, 4.69) is 29.3 Å². The Morgan fingerprint density at radius 3 is 2.61 bits per heavy atom. The Labute approximate surface area is 141 Å². The molecule has 0 fully saturated rings. The van der Waals surface area contributed by atoms with Crippen LogP contribution in [0, 0.1) is 5.82 Å². The van der Waals surface area contributed by atoms with Crippen LogP contribution in [0.25, 0.3) is 0 Å². The van der Waals surface area contributed by atoms with E-state index in [1.807, 2.05) is 18.2 Å². The second-order valence-corrected chi connectivity index (χ2v) is 5.56. The number of hydrogen-bond donors (Lipinski definition) is 1. The van der Waals surface area contributed by atoms with Crippen molar-refractivity contribution in [1.29, 1.82) is 0 Å². The highest BCUT2D eigenvalue weighted by Gasteiger charge is 2.10. The van der Waals surface area contributed by atoms with Gasteiger partial charge in [0, 0.05) is 25.3 Å². The summed E-state index contributed by atoms with van der Waals surface area (Å²) in [5.74, 6) is -0.731. The predicted molar refractivity (Wildman–Crippen MR) is 92.7 cm³/mol. The van der Waals surface area contributed by atoms with Crippen LogP contribution < -0.4 is 10.2 Å². The number of nitrogens with zero attached hydrogens (tertiary/aromatic N) is 1. The first-order valence-electron chi connectivity index (χ1n) is 7.65. The Bertz CT molecular complexity index is 649. The van der Waals surface area contributed by atoms with Crippen molar-refractivity contribution in [2.24, 2.45) is 0 Å². The normalized spacial score (nSPS) is 10.4. The zero-order valence-electron chi connectivity index (χ0n) is 13.1. The Balaban J connectivity index is 1.81. The van der Waals surface area contributed by atoms with E-state index in [1.54, 1.807) is 0 Å². The summed E-state index contributed by atoms with van der Waals surface area (Å²) in [5, 5.41) is 2.94. The molecule has 23 heavy (non-hydrogen) atoms. The summed E-state index contributed by atoms with van der Waals surface area (Å²) in [6.45, 7) is 4.39. The van der Waals surface area contributed by atoms with E-state index in [0.29, 0.717) is 12.1 Å². The third-order valence-electron chi connectivity index (χ3n) is 3.57. The number of nitrogens with one attached hydrogen (secondary N) is 1. The Hall–Kier alpha value is -2.07. The fourth-order valence-electron chi connectivity index (χ4n) is 2.35. The van der Waals surface area contributed by atoms with Gasteiger partial charge in [-0.1, -0.05) is 29.8 Å². The lowest BCUT2D eigenvalue weighted by Crippen LogP contribution is -2.30. The van der Waals surface area contributed by atoms with Gasteiger partial charge in [0.1, 0.15) is 5.82 Å². The van der Waals surface area contributed by atoms with Crippen LogP contribution in [0.4, 0.5) is 10.1 Å². The summed E-state index contributed by atoms with van der Waals surface area (Å²) in [4.78, 5) is 14.3. The molecule has 0 atom stereocenters. The van der Waals surface area contributed by atoms with Crippen LogP contribution in [0.2, 0.25) is 5.02 Å². The predicted octanol–water partition coefficient (Wildman–Crippen LogP) is 4.13. The number of anilines is 1. The fourth-order valence-corrected chi connectivity index (χ4v) is 2.60. The maximum absolute atomic E-state index is 13.0. The Morgan fingerprint density at radius 1 is 1.22 bits per heavy atom. The average Bonchev–Trinajstić information content (AvgIpc) is 2.55. The van der Waals surface area contributed by atoms with Crippen molar-refractivity contribution < 1.29 is 9.18 Å². The second-order valence-electron chi connectivity index (χ2n) is 5.15. The summed E-state index contributed by atoms with van der Waals surface area (Å²) in [5.41, 5.74) is 1.46. The van der Waals surface area contributed by atoms with Crippen molar-refractivity contribution in [3.63, 3.8) is 0 Å². The van der Waals surface area contributed by atoms with Gasteiger partial charge in [-0.25, -0.2) is 4.39 Å². The minimum absolute atomic E-state index is 0.127. The molecule has 0 unspecified atom stereocenters. The summed E-state index contributed by atoms with van der Waals surface area (Å²) in [6, 6.07) is 13.9. The topological polar surface area (TPSA) is 32.3 Å². The zero-order chi connectivity index (χ0) is 16.7. The largest absolute Gasteiger partial charge is 0.372 e. The number of para-hydroxylation sites is 1. The molecule has 0 aliphatic heterocycles. The molecule has 2 aromatic rings. The molecule has 0 aliphatic rings. The number of benzene rings is 2. The van der Waals surface area contributed by atoms with Crippen LogP contribution in [0.3, 0.4) is 0 Å². The van der Waals surface area contributed by atoms with Crippen molar-refractivity contribution in [3.8, 4) is 0 Å². The molecule has 0 saturated heterocycles. The number of amides is 1. The van der Waals surface area contributed by atoms with E-state index in [4.69, 9.17) is 11.6 Å². The smallest absolute Gasteiger partial charge is 0.252 e. The van der Waals surface area contributed by atoms with Gasteiger partial charge in [-0.15, -0.1) is 0 Å². The zero-order valence-corrected chi connectivity index (χ0v) is 13.8. The van der Waals surface area contributed by atoms with Crippen LogP contribution in [-0.2, 0) is 0 Å². The monoisotopic (exact) mass is 334 g/mol. The fraction of sp³-hybridized carbons (Fsp3) is 0.278. The van der Waals surface area contributed by atoms with E-state index < -0.39 is 5.82 Å². The van der Waals surface area contributed by atoms with Crippen molar-refractivity contribution in [3.05, 3.63) is 64.9 Å². The lowest BCUT2D eigenvalue weighted by molar-refractivity contribution is 0.0953. The third kappa shape index (κ3) is 4.96. The molecule has 0 aromatic heterocycles. The van der Waals surface area contributed by atoms with Crippen molar-refractivity contribution in [2.75, 3.05) is 24.5 Å². The second kappa shape index (κ2) is 8.53. The first-order chi connectivity index (χ1) is 11.1. The summed E-state index contributed by atoms with van der Waals surface area (Å²) >= 11 is 5.88. The number of hydrogen-bond acceptors (Lipinski definition) is 2. The van der Waals surface area contributed by atoms with Crippen LogP contribution in [-0.4, -0.2) is 25.5 Å². The molecule has 1 N–H and O–H groups in total. The average molecular weight is 335 g/mol. The molecule has 0 bridgehead atoms. The van der Waals surface area contributed by atoms with E-state index >= 15 is 0 Å². The molecular weight excluding hydrogens is 315 g/mol. The molecule has 0 aliphatic carbocycles. The number of halogens is 2. The number of rotatable bonds is 7. The van der Waals surface area contributed by atoms with Gasteiger partial charge in [0.2, 0.25) is 0 Å². The maximum atomic E-state index is 13.0. The van der Waals surface area contributed by atoms with Crippen LogP contribution in [0.1, 0.15) is 23.7 Å². The van der Waals surface area contributed by atoms with Gasteiger partial charge < -0.3 is 10.2 Å². The third-order valence-corrected chi connectivity index (χ3v) is 3.88. The molecule has 122 valence electrons. The first-order valence-corrected chi connectivity index (χ1v) is 8.03.